The summed E-state index contributed by atoms with van der Waals surface area (Å²) in [5, 5.41) is 26.7. The van der Waals surface area contributed by atoms with Crippen LogP contribution in [0.5, 0.6) is 0 Å². The molecular weight excluding hydrogens is 501 g/mol. The summed E-state index contributed by atoms with van der Waals surface area (Å²) in [4.78, 5) is 0.745. The lowest BCUT2D eigenvalue weighted by Crippen LogP contribution is -2.17. The molecule has 1 heterocycles. The van der Waals surface area contributed by atoms with Gasteiger partial charge in [0.2, 0.25) is 0 Å². The zero-order chi connectivity index (χ0) is 24.4. The first-order valence-corrected chi connectivity index (χ1v) is 9.95. The van der Waals surface area contributed by atoms with Gasteiger partial charge in [0.25, 0.3) is 0 Å². The fraction of sp³-hybridized carbons (Fsp3) is 0. The normalized spacial score (nSPS) is 7.78. The third kappa shape index (κ3) is 24.0. The lowest BCUT2D eigenvalue weighted by Gasteiger charge is -1.84. The molecule has 1 aromatic rings. The summed E-state index contributed by atoms with van der Waals surface area (Å²) < 4.78 is 0. The van der Waals surface area contributed by atoms with Gasteiger partial charge in [-0.2, -0.15) is 5.21 Å². The molecule has 0 saturated carbocycles. The van der Waals surface area contributed by atoms with Gasteiger partial charge in [0, 0.05) is 5.69 Å². The van der Waals surface area contributed by atoms with E-state index in [-0.39, 0.29) is 24.8 Å². The molecule has 11 nitrogen and oxygen atoms in total. The van der Waals surface area contributed by atoms with Crippen LogP contribution in [0.15, 0.2) is 134 Å². The van der Waals surface area contributed by atoms with Crippen molar-refractivity contribution in [2.45, 2.75) is 0 Å². The maximum absolute atomic E-state index is 5.89. The van der Waals surface area contributed by atoms with Gasteiger partial charge < -0.3 is 11.6 Å². The Labute approximate surface area is 222 Å². The summed E-state index contributed by atoms with van der Waals surface area (Å²) in [6, 6.07) is 36.9. The summed E-state index contributed by atoms with van der Waals surface area (Å²) in [5.74, 6) is 5.46. The highest BCUT2D eigenvalue weighted by Crippen LogP contribution is 1.92. The summed E-state index contributed by atoms with van der Waals surface area (Å²) in [6.07, 6.45) is 2.87. The van der Waals surface area contributed by atoms with Crippen molar-refractivity contribution in [1.82, 2.24) is 46.4 Å². The predicted molar refractivity (Wildman–Crippen MR) is 146 cm³/mol. The van der Waals surface area contributed by atoms with Crippen molar-refractivity contribution in [2.24, 2.45) is 0 Å². The maximum Gasteiger partial charge on any atom is 0.0514 e. The lowest BCUT2D eigenvalue weighted by atomic mass is 10.4. The van der Waals surface area contributed by atoms with Crippen molar-refractivity contribution in [1.29, 1.82) is 0 Å². The van der Waals surface area contributed by atoms with Crippen LogP contribution in [0.3, 0.4) is 0 Å². The maximum atomic E-state index is 5.89. The van der Waals surface area contributed by atoms with E-state index < -0.39 is 0 Å². The van der Waals surface area contributed by atoms with Crippen molar-refractivity contribution in [2.75, 3.05) is 11.6 Å². The van der Waals surface area contributed by atoms with Crippen LogP contribution in [0.4, 0.5) is 5.69 Å². The number of rotatable bonds is 0. The van der Waals surface area contributed by atoms with Crippen molar-refractivity contribution >= 4 is 30.5 Å². The first-order valence-electron chi connectivity index (χ1n) is 9.95. The molecule has 36 heavy (non-hydrogen) atoms. The minimum Gasteiger partial charge on any atom is -0.399 e. The molecule has 0 aliphatic heterocycles. The molecule has 190 valence electrons. The Morgan fingerprint density at radius 2 is 0.944 bits per heavy atom. The number of nitrogens with one attached hydrogen (secondary N) is 1. The van der Waals surface area contributed by atoms with Crippen LogP contribution in [0.1, 0.15) is 0 Å². The second-order valence-corrected chi connectivity index (χ2v) is 5.73. The molecule has 0 saturated heterocycles. The third-order valence-electron chi connectivity index (χ3n) is 3.13. The molecule has 13 heteroatoms. The molecule has 0 unspecified atom stereocenters. The molecular formula is C23H29Cl2N11. The van der Waals surface area contributed by atoms with E-state index in [1.165, 1.54) is 12.4 Å². The topological polar surface area (TPSA) is 163 Å². The number of hydrogen-bond acceptors (Lipinski definition) is 9. The van der Waals surface area contributed by atoms with Crippen LogP contribution in [-0.2, 0) is 0 Å². The largest absolute Gasteiger partial charge is 0.399 e. The molecule has 0 aromatic carbocycles. The average molecular weight is 530 g/mol. The molecule has 0 amide bonds. The van der Waals surface area contributed by atoms with Gasteiger partial charge in [0.1, 0.15) is 0 Å². The van der Waals surface area contributed by atoms with E-state index in [1.807, 2.05) is 72.8 Å². The van der Waals surface area contributed by atoms with Crippen LogP contribution in [0, 0.1) is 0 Å². The van der Waals surface area contributed by atoms with Crippen LogP contribution in [-0.4, -0.2) is 46.4 Å². The van der Waals surface area contributed by atoms with Crippen LogP contribution in [0.2, 0.25) is 0 Å². The van der Waals surface area contributed by atoms with Gasteiger partial charge in [-0.15, -0.1) is 35.0 Å². The Morgan fingerprint density at radius 1 is 0.528 bits per heavy atom. The second-order valence-electron chi connectivity index (χ2n) is 5.73. The smallest absolute Gasteiger partial charge is 0.0514 e. The molecule has 0 aliphatic carbocycles. The number of H-pyrrole nitrogens is 1. The molecule has 1 rings (SSSR count). The van der Waals surface area contributed by atoms with E-state index in [4.69, 9.17) is 11.6 Å². The van der Waals surface area contributed by atoms with Gasteiger partial charge in [0.05, 0.1) is 12.4 Å². The number of nitrogen functional groups attached to an aromatic ring is 2. The molecule has 0 aliphatic rings. The number of halogens is 2. The highest BCUT2D eigenvalue weighted by Gasteiger charge is 1.69. The molecule has 0 fully saturated rings. The average Bonchev–Trinajstić information content (AvgIpc) is 2.83. The van der Waals surface area contributed by atoms with Gasteiger partial charge in [0.15, 0.2) is 0 Å². The molecule has 0 spiro atoms. The fourth-order valence-corrected chi connectivity index (χ4v) is 1.73. The Kier molecular flexibility index (Phi) is 24.8. The van der Waals surface area contributed by atoms with E-state index in [2.05, 4.69) is 41.5 Å². The van der Waals surface area contributed by atoms with Gasteiger partial charge in [-0.3, -0.25) is 0 Å². The summed E-state index contributed by atoms with van der Waals surface area (Å²) >= 11 is 0. The van der Waals surface area contributed by atoms with Crippen molar-refractivity contribution in [3.05, 3.63) is 134 Å². The van der Waals surface area contributed by atoms with E-state index >= 15 is 0 Å². The van der Waals surface area contributed by atoms with Crippen LogP contribution in [0.25, 0.3) is 0 Å². The highest BCUT2D eigenvalue weighted by atomic mass is 35.5. The van der Waals surface area contributed by atoms with Gasteiger partial charge in [-0.25, -0.2) is 0 Å². The van der Waals surface area contributed by atoms with E-state index in [1.54, 1.807) is 48.5 Å². The third-order valence-corrected chi connectivity index (χ3v) is 3.13. The molecule has 5 N–H and O–H groups in total. The summed E-state index contributed by atoms with van der Waals surface area (Å²) in [7, 11) is 0. The summed E-state index contributed by atoms with van der Waals surface area (Å²) in [6.45, 7) is 0. The number of hydrogen-bond donors (Lipinski definition) is 3. The first-order chi connectivity index (χ1) is 16.8. The predicted octanol–water partition coefficient (Wildman–Crippen LogP) is 3.59. The van der Waals surface area contributed by atoms with E-state index in [0.29, 0.717) is 5.69 Å². The quantitative estimate of drug-likeness (QED) is 0.425. The number of anilines is 1. The zero-order valence-electron chi connectivity index (χ0n) is 19.3. The Hall–Kier alpha value is -4.61. The lowest BCUT2D eigenvalue weighted by molar-refractivity contribution is 0.543. The Balaban J connectivity index is 0. The number of aromatic amines is 1. The number of aromatic nitrogens is 9. The Bertz CT molecular complexity index is 1050. The zero-order valence-corrected chi connectivity index (χ0v) is 20.9. The minimum absolute atomic E-state index is 0. The highest BCUT2D eigenvalue weighted by molar-refractivity contribution is 5.85. The van der Waals surface area contributed by atoms with E-state index in [9.17, 15) is 0 Å². The van der Waals surface area contributed by atoms with Crippen LogP contribution < -0.4 is 11.6 Å². The van der Waals surface area contributed by atoms with Gasteiger partial charge >= 0.3 is 0 Å². The van der Waals surface area contributed by atoms with Crippen molar-refractivity contribution in [3.63, 3.8) is 0 Å². The first kappa shape index (κ1) is 33.6. The van der Waals surface area contributed by atoms with E-state index in [0.717, 1.165) is 4.91 Å². The minimum atomic E-state index is 0. The number of nitrogens with two attached hydrogens (primary N) is 2. The number of nitrogens with zero attached hydrogens (tertiary/aromatic N) is 8. The monoisotopic (exact) mass is 529 g/mol. The fourth-order valence-electron chi connectivity index (χ4n) is 1.73. The Morgan fingerprint density at radius 3 is 1.44 bits per heavy atom. The van der Waals surface area contributed by atoms with Gasteiger partial charge in [-0.05, 0) is 50.3 Å². The van der Waals surface area contributed by atoms with Crippen molar-refractivity contribution < 1.29 is 0 Å². The van der Waals surface area contributed by atoms with Gasteiger partial charge in [-0.1, -0.05) is 102 Å². The molecule has 0 bridgehead atoms. The molecule has 0 radical (unpaired) electrons. The summed E-state index contributed by atoms with van der Waals surface area (Å²) in [5.41, 5.74) is 6.51. The SMILES string of the molecule is Cl.Cl.Nc1ccccccccccccccccnnn(N)[nH]nnnnncccccc1. The van der Waals surface area contributed by atoms with Crippen molar-refractivity contribution in [3.8, 4) is 0 Å². The standard InChI is InChI=1S/C23H27N11.2ClH/c24-23-19-15-11-9-7-5-3-1-2-4-6-8-10-13-18-22-27-32-34(25)33-31-30-29-28-26-21-17-14-12-16-20-23;;/h1-22H,24-25H2,(H,28,30,33);2*1H. The molecule has 0 atom stereocenters. The second kappa shape index (κ2) is 26.6. The van der Waals surface area contributed by atoms with Crippen LogP contribution >= 0.6 is 24.8 Å². The molecule has 1 aromatic heterocycles.